The van der Waals surface area contributed by atoms with Crippen LogP contribution in [-0.4, -0.2) is 17.6 Å². The summed E-state index contributed by atoms with van der Waals surface area (Å²) < 4.78 is 5.40. The van der Waals surface area contributed by atoms with E-state index in [-0.39, 0.29) is 6.03 Å². The number of nitrogens with zero attached hydrogens (tertiary/aromatic N) is 1. The van der Waals surface area contributed by atoms with Crippen LogP contribution in [0, 0.1) is 0 Å². The molecule has 1 aliphatic rings. The van der Waals surface area contributed by atoms with Crippen LogP contribution in [0.25, 0.3) is 11.3 Å². The van der Waals surface area contributed by atoms with E-state index in [1.165, 1.54) is 16.0 Å². The van der Waals surface area contributed by atoms with Gasteiger partial charge in [0.15, 0.2) is 5.13 Å². The molecule has 132 valence electrons. The number of nitrogens with one attached hydrogen (secondary N) is 2. The fraction of sp³-hybridized carbons (Fsp3) is 0.200. The quantitative estimate of drug-likeness (QED) is 0.687. The minimum atomic E-state index is -0.298. The van der Waals surface area contributed by atoms with Crippen LogP contribution in [0.5, 0.6) is 5.75 Å². The van der Waals surface area contributed by atoms with Crippen molar-refractivity contribution in [2.75, 3.05) is 17.2 Å². The lowest BCUT2D eigenvalue weighted by Crippen LogP contribution is -2.19. The Kier molecular flexibility index (Phi) is 4.58. The van der Waals surface area contributed by atoms with Crippen molar-refractivity contribution in [3.05, 3.63) is 59.0 Å². The van der Waals surface area contributed by atoms with Crippen molar-refractivity contribution in [2.24, 2.45) is 0 Å². The highest BCUT2D eigenvalue weighted by molar-refractivity contribution is 7.16. The number of carbonyl (C=O) groups excluding carboxylic acids is 1. The molecular formula is C20H19N3O2S. The van der Waals surface area contributed by atoms with Gasteiger partial charge in [-0.25, -0.2) is 9.78 Å². The molecule has 1 heterocycles. The summed E-state index contributed by atoms with van der Waals surface area (Å²) in [4.78, 5) is 18.1. The van der Waals surface area contributed by atoms with E-state index in [2.05, 4.69) is 33.8 Å². The van der Waals surface area contributed by atoms with Gasteiger partial charge in [-0.15, -0.1) is 11.3 Å². The monoisotopic (exact) mass is 365 g/mol. The molecule has 0 spiro atoms. The second kappa shape index (κ2) is 7.17. The van der Waals surface area contributed by atoms with E-state index in [0.717, 1.165) is 24.3 Å². The molecule has 0 bridgehead atoms. The van der Waals surface area contributed by atoms with Crippen LogP contribution >= 0.6 is 11.3 Å². The van der Waals surface area contributed by atoms with Crippen LogP contribution in [0.2, 0.25) is 0 Å². The van der Waals surface area contributed by atoms with E-state index in [1.54, 1.807) is 11.3 Å². The molecule has 0 aliphatic heterocycles. The maximum atomic E-state index is 12.3. The number of ether oxygens (including phenoxy) is 1. The van der Waals surface area contributed by atoms with Gasteiger partial charge in [-0.2, -0.15) is 0 Å². The average Bonchev–Trinajstić information content (AvgIpc) is 3.06. The van der Waals surface area contributed by atoms with Crippen LogP contribution in [0.3, 0.4) is 0 Å². The molecule has 2 N–H and O–H groups in total. The number of carbonyl (C=O) groups is 1. The largest absolute Gasteiger partial charge is 0.494 e. The zero-order chi connectivity index (χ0) is 17.9. The molecule has 26 heavy (non-hydrogen) atoms. The topological polar surface area (TPSA) is 63.2 Å². The smallest absolute Gasteiger partial charge is 0.325 e. The molecule has 1 aromatic heterocycles. The fourth-order valence-corrected chi connectivity index (χ4v) is 4.03. The third-order valence-electron chi connectivity index (χ3n) is 4.23. The standard InChI is InChI=1S/C20H19N3O2S/c1-2-25-15-10-8-14(9-11-15)21-19(24)23-20-22-18-16-6-4-3-5-13(16)7-12-17(18)26-20/h3-6,8-11H,2,7,12H2,1H3,(H2,21,22,23,24). The lowest BCUT2D eigenvalue weighted by atomic mass is 9.94. The molecule has 0 unspecified atom stereocenters. The van der Waals surface area contributed by atoms with Gasteiger partial charge in [0.2, 0.25) is 0 Å². The molecule has 4 rings (SSSR count). The number of aromatic nitrogens is 1. The van der Waals surface area contributed by atoms with Crippen LogP contribution < -0.4 is 15.4 Å². The summed E-state index contributed by atoms with van der Waals surface area (Å²) in [6.07, 6.45) is 1.98. The molecule has 6 heteroatoms. The molecule has 0 saturated carbocycles. The van der Waals surface area contributed by atoms with Gasteiger partial charge in [0.05, 0.1) is 12.3 Å². The summed E-state index contributed by atoms with van der Waals surface area (Å²) in [5.41, 5.74) is 4.19. The lowest BCUT2D eigenvalue weighted by Gasteiger charge is -2.13. The third kappa shape index (κ3) is 3.41. The van der Waals surface area contributed by atoms with Crippen molar-refractivity contribution >= 4 is 28.2 Å². The molecule has 1 aliphatic carbocycles. The number of urea groups is 1. The number of fused-ring (bicyclic) bond motifs is 3. The number of hydrogen-bond acceptors (Lipinski definition) is 4. The highest BCUT2D eigenvalue weighted by Gasteiger charge is 2.21. The molecule has 2 aromatic carbocycles. The first kappa shape index (κ1) is 16.6. The van der Waals surface area contributed by atoms with Crippen LogP contribution in [0.4, 0.5) is 15.6 Å². The van der Waals surface area contributed by atoms with Gasteiger partial charge in [-0.1, -0.05) is 24.3 Å². The van der Waals surface area contributed by atoms with Crippen molar-refractivity contribution in [1.29, 1.82) is 0 Å². The van der Waals surface area contributed by atoms with Gasteiger partial charge in [0.1, 0.15) is 5.75 Å². The Morgan fingerprint density at radius 3 is 2.73 bits per heavy atom. The average molecular weight is 365 g/mol. The van der Waals surface area contributed by atoms with Gasteiger partial charge < -0.3 is 10.1 Å². The van der Waals surface area contributed by atoms with E-state index in [1.807, 2.05) is 37.3 Å². The number of hydrogen-bond donors (Lipinski definition) is 2. The molecule has 2 amide bonds. The molecule has 0 atom stereocenters. The van der Waals surface area contributed by atoms with Gasteiger partial charge in [-0.3, -0.25) is 5.32 Å². The first-order valence-electron chi connectivity index (χ1n) is 8.62. The van der Waals surface area contributed by atoms with E-state index in [4.69, 9.17) is 4.74 Å². The number of benzene rings is 2. The second-order valence-corrected chi connectivity index (χ2v) is 7.07. The fourth-order valence-electron chi connectivity index (χ4n) is 3.06. The van der Waals surface area contributed by atoms with E-state index < -0.39 is 0 Å². The van der Waals surface area contributed by atoms with Gasteiger partial charge in [0, 0.05) is 16.1 Å². The van der Waals surface area contributed by atoms with Crippen molar-refractivity contribution in [3.8, 4) is 17.0 Å². The Morgan fingerprint density at radius 2 is 1.92 bits per heavy atom. The highest BCUT2D eigenvalue weighted by Crippen LogP contribution is 2.37. The van der Waals surface area contributed by atoms with Crippen LogP contribution in [0.15, 0.2) is 48.5 Å². The SMILES string of the molecule is CCOc1ccc(NC(=O)Nc2nc3c(s2)CCc2ccccc2-3)cc1. The van der Waals surface area contributed by atoms with Gasteiger partial charge in [-0.05, 0) is 49.6 Å². The maximum absolute atomic E-state index is 12.3. The number of rotatable bonds is 4. The third-order valence-corrected chi connectivity index (χ3v) is 5.27. The van der Waals surface area contributed by atoms with Crippen LogP contribution in [-0.2, 0) is 12.8 Å². The zero-order valence-electron chi connectivity index (χ0n) is 14.4. The number of anilines is 2. The predicted molar refractivity (Wildman–Crippen MR) is 105 cm³/mol. The number of amides is 2. The van der Waals surface area contributed by atoms with E-state index in [9.17, 15) is 4.79 Å². The summed E-state index contributed by atoms with van der Waals surface area (Å²) in [7, 11) is 0. The Labute approximate surface area is 156 Å². The van der Waals surface area contributed by atoms with Crippen molar-refractivity contribution in [3.63, 3.8) is 0 Å². The van der Waals surface area contributed by atoms with Gasteiger partial charge in [0.25, 0.3) is 0 Å². The Balaban J connectivity index is 1.45. The number of thiazole rings is 1. The normalized spacial score (nSPS) is 12.0. The van der Waals surface area contributed by atoms with Gasteiger partial charge >= 0.3 is 6.03 Å². The molecule has 5 nitrogen and oxygen atoms in total. The minimum Gasteiger partial charge on any atom is -0.494 e. The Bertz CT molecular complexity index is 934. The Morgan fingerprint density at radius 1 is 1.12 bits per heavy atom. The molecular weight excluding hydrogens is 346 g/mol. The van der Waals surface area contributed by atoms with Crippen molar-refractivity contribution in [2.45, 2.75) is 19.8 Å². The summed E-state index contributed by atoms with van der Waals surface area (Å²) >= 11 is 1.54. The van der Waals surface area contributed by atoms with E-state index >= 15 is 0 Å². The van der Waals surface area contributed by atoms with Crippen molar-refractivity contribution < 1.29 is 9.53 Å². The first-order valence-corrected chi connectivity index (χ1v) is 9.43. The molecule has 0 radical (unpaired) electrons. The summed E-state index contributed by atoms with van der Waals surface area (Å²) in [5.74, 6) is 0.782. The summed E-state index contributed by atoms with van der Waals surface area (Å²) in [5, 5.41) is 6.29. The minimum absolute atomic E-state index is 0.298. The molecule has 0 fully saturated rings. The predicted octanol–water partition coefficient (Wildman–Crippen LogP) is 4.95. The van der Waals surface area contributed by atoms with Crippen LogP contribution in [0.1, 0.15) is 17.4 Å². The molecule has 3 aromatic rings. The zero-order valence-corrected chi connectivity index (χ0v) is 15.2. The summed E-state index contributed by atoms with van der Waals surface area (Å²) in [6, 6.07) is 15.3. The maximum Gasteiger partial charge on any atom is 0.325 e. The Hall–Kier alpha value is -2.86. The summed E-state index contributed by atoms with van der Waals surface area (Å²) in [6.45, 7) is 2.55. The second-order valence-electron chi connectivity index (χ2n) is 5.98. The number of aryl methyl sites for hydroxylation is 2. The lowest BCUT2D eigenvalue weighted by molar-refractivity contribution is 0.262. The molecule has 0 saturated heterocycles. The van der Waals surface area contributed by atoms with Crippen molar-refractivity contribution in [1.82, 2.24) is 4.98 Å². The van der Waals surface area contributed by atoms with E-state index in [0.29, 0.717) is 17.4 Å². The highest BCUT2D eigenvalue weighted by atomic mass is 32.1. The first-order chi connectivity index (χ1) is 12.7.